The summed E-state index contributed by atoms with van der Waals surface area (Å²) in [6.07, 6.45) is 2.14. The van der Waals surface area contributed by atoms with Crippen molar-refractivity contribution in [1.82, 2.24) is 14.9 Å². The quantitative estimate of drug-likeness (QED) is 0.422. The predicted molar refractivity (Wildman–Crippen MR) is 122 cm³/mol. The van der Waals surface area contributed by atoms with Gasteiger partial charge in [-0.05, 0) is 24.3 Å². The maximum atomic E-state index is 9.18. The number of hydrogen-bond donors (Lipinski definition) is 3. The summed E-state index contributed by atoms with van der Waals surface area (Å²) < 4.78 is 13.1. The van der Waals surface area contributed by atoms with E-state index in [1.165, 1.54) is 6.33 Å². The number of halogens is 1. The van der Waals surface area contributed by atoms with Crippen molar-refractivity contribution in [2.24, 2.45) is 0 Å². The molecule has 0 amide bonds. The number of aliphatic hydroxyl groups is 2. The normalized spacial score (nSPS) is 15.4. The van der Waals surface area contributed by atoms with Crippen molar-refractivity contribution >= 4 is 38.3 Å². The summed E-state index contributed by atoms with van der Waals surface area (Å²) in [7, 11) is 0. The number of rotatable bonds is 9. The Morgan fingerprint density at radius 3 is 2.68 bits per heavy atom. The van der Waals surface area contributed by atoms with E-state index in [-0.39, 0.29) is 19.3 Å². The van der Waals surface area contributed by atoms with Crippen molar-refractivity contribution in [3.8, 4) is 11.5 Å². The topological polar surface area (TPSA) is 100.0 Å². The molecule has 1 aliphatic heterocycles. The lowest BCUT2D eigenvalue weighted by Crippen LogP contribution is -2.36. The Morgan fingerprint density at radius 1 is 1.06 bits per heavy atom. The molecule has 1 atom stereocenters. The van der Waals surface area contributed by atoms with Gasteiger partial charge in [0.05, 0.1) is 18.7 Å². The van der Waals surface area contributed by atoms with Gasteiger partial charge in [0, 0.05) is 47.7 Å². The summed E-state index contributed by atoms with van der Waals surface area (Å²) in [6.45, 7) is 2.32. The zero-order chi connectivity index (χ0) is 21.6. The molecule has 31 heavy (non-hydrogen) atoms. The summed E-state index contributed by atoms with van der Waals surface area (Å²) in [6, 6.07) is 11.7. The molecule has 0 spiro atoms. The van der Waals surface area contributed by atoms with E-state index in [9.17, 15) is 10.2 Å². The number of hydrogen-bond acceptors (Lipinski definition) is 8. The minimum Gasteiger partial charge on any atom is -0.486 e. The van der Waals surface area contributed by atoms with E-state index in [1.54, 1.807) is 0 Å². The van der Waals surface area contributed by atoms with Crippen molar-refractivity contribution in [2.45, 2.75) is 12.5 Å². The molecule has 0 fully saturated rings. The first kappa shape index (κ1) is 21.8. The third-order valence-electron chi connectivity index (χ3n) is 5.11. The fourth-order valence-corrected chi connectivity index (χ4v) is 3.95. The average Bonchev–Trinajstić information content (AvgIpc) is 2.77. The first-order valence-corrected chi connectivity index (χ1v) is 11.0. The Morgan fingerprint density at radius 2 is 1.90 bits per heavy atom. The number of nitrogens with one attached hydrogen (secondary N) is 1. The number of anilines is 2. The predicted octanol–water partition coefficient (Wildman–Crippen LogP) is 2.95. The van der Waals surface area contributed by atoms with E-state index in [4.69, 9.17) is 9.47 Å². The number of benzene rings is 2. The number of nitrogens with zero attached hydrogens (tertiary/aromatic N) is 3. The SMILES string of the molecule is OCCN(CCO)CCC1COc2cc3ncnc(Nc4cccc(Br)c4)c3cc2O1. The van der Waals surface area contributed by atoms with E-state index in [0.717, 1.165) is 27.5 Å². The molecule has 0 saturated heterocycles. The van der Waals surface area contributed by atoms with E-state index in [1.807, 2.05) is 41.3 Å². The molecule has 1 unspecified atom stereocenters. The molecule has 0 bridgehead atoms. The van der Waals surface area contributed by atoms with E-state index < -0.39 is 0 Å². The molecule has 1 aliphatic rings. The molecule has 8 nitrogen and oxygen atoms in total. The summed E-state index contributed by atoms with van der Waals surface area (Å²) in [5.74, 6) is 2.01. The Kier molecular flexibility index (Phi) is 7.18. The van der Waals surface area contributed by atoms with Gasteiger partial charge in [-0.3, -0.25) is 4.90 Å². The Balaban J connectivity index is 1.52. The summed E-state index contributed by atoms with van der Waals surface area (Å²) >= 11 is 3.48. The van der Waals surface area contributed by atoms with Crippen molar-refractivity contribution in [2.75, 3.05) is 44.8 Å². The van der Waals surface area contributed by atoms with Crippen LogP contribution in [0.5, 0.6) is 11.5 Å². The maximum Gasteiger partial charge on any atom is 0.163 e. The minimum atomic E-state index is -0.115. The number of aliphatic hydroxyl groups excluding tert-OH is 2. The van der Waals surface area contributed by atoms with Gasteiger partial charge in [0.15, 0.2) is 11.5 Å². The highest BCUT2D eigenvalue weighted by molar-refractivity contribution is 9.10. The third-order valence-corrected chi connectivity index (χ3v) is 5.60. The van der Waals surface area contributed by atoms with Crippen LogP contribution in [0.1, 0.15) is 6.42 Å². The van der Waals surface area contributed by atoms with Gasteiger partial charge < -0.3 is 25.0 Å². The summed E-state index contributed by atoms with van der Waals surface area (Å²) in [5, 5.41) is 22.5. The molecule has 9 heteroatoms. The lowest BCUT2D eigenvalue weighted by molar-refractivity contribution is 0.0700. The molecule has 3 N–H and O–H groups in total. The van der Waals surface area contributed by atoms with E-state index >= 15 is 0 Å². The van der Waals surface area contributed by atoms with Crippen molar-refractivity contribution in [3.63, 3.8) is 0 Å². The molecule has 164 valence electrons. The summed E-state index contributed by atoms with van der Waals surface area (Å²) in [5.41, 5.74) is 1.68. The second kappa shape index (κ2) is 10.2. The lowest BCUT2D eigenvalue weighted by Gasteiger charge is -2.29. The van der Waals surface area contributed by atoms with Gasteiger partial charge in [0.2, 0.25) is 0 Å². The fourth-order valence-electron chi connectivity index (χ4n) is 3.55. The van der Waals surface area contributed by atoms with Gasteiger partial charge in [0.25, 0.3) is 0 Å². The van der Waals surface area contributed by atoms with Gasteiger partial charge in [-0.2, -0.15) is 0 Å². The lowest BCUT2D eigenvalue weighted by atomic mass is 10.1. The van der Waals surface area contributed by atoms with Crippen LogP contribution in [0, 0.1) is 0 Å². The standard InChI is InChI=1S/C22H25BrN4O4/c23-15-2-1-3-16(10-15)26-22-18-11-21-20(12-19(18)24-14-25-22)30-13-17(31-21)4-5-27(6-8-28)7-9-29/h1-3,10-12,14,17,28-29H,4-9,13H2,(H,24,25,26). The van der Waals surface area contributed by atoms with Gasteiger partial charge in [-0.1, -0.05) is 22.0 Å². The molecule has 0 aliphatic carbocycles. The van der Waals surface area contributed by atoms with Gasteiger partial charge in [0.1, 0.15) is 24.9 Å². The highest BCUT2D eigenvalue weighted by Crippen LogP contribution is 2.38. The van der Waals surface area contributed by atoms with Gasteiger partial charge in [-0.15, -0.1) is 0 Å². The zero-order valence-corrected chi connectivity index (χ0v) is 18.6. The van der Waals surface area contributed by atoms with Crippen LogP contribution in [0.2, 0.25) is 0 Å². The van der Waals surface area contributed by atoms with Crippen LogP contribution in [-0.2, 0) is 0 Å². The van der Waals surface area contributed by atoms with Crippen LogP contribution in [0.4, 0.5) is 11.5 Å². The van der Waals surface area contributed by atoms with Crippen molar-refractivity contribution in [1.29, 1.82) is 0 Å². The molecule has 1 aromatic heterocycles. The van der Waals surface area contributed by atoms with Crippen LogP contribution in [0.15, 0.2) is 47.2 Å². The number of ether oxygens (including phenoxy) is 2. The fraction of sp³-hybridized carbons (Fsp3) is 0.364. The number of aromatic nitrogens is 2. The van der Waals surface area contributed by atoms with Crippen molar-refractivity contribution in [3.05, 3.63) is 47.2 Å². The second-order valence-electron chi connectivity index (χ2n) is 7.30. The molecule has 0 saturated carbocycles. The molecule has 3 aromatic rings. The summed E-state index contributed by atoms with van der Waals surface area (Å²) in [4.78, 5) is 10.8. The van der Waals surface area contributed by atoms with E-state index in [0.29, 0.717) is 43.6 Å². The van der Waals surface area contributed by atoms with Crippen LogP contribution in [-0.4, -0.2) is 70.6 Å². The monoisotopic (exact) mass is 488 g/mol. The molecule has 4 rings (SSSR count). The average molecular weight is 489 g/mol. The first-order valence-electron chi connectivity index (χ1n) is 10.2. The Hall–Kier alpha value is -2.46. The van der Waals surface area contributed by atoms with Crippen LogP contribution in [0.25, 0.3) is 10.9 Å². The largest absolute Gasteiger partial charge is 0.486 e. The Bertz CT molecular complexity index is 1030. The highest BCUT2D eigenvalue weighted by atomic mass is 79.9. The third kappa shape index (κ3) is 5.43. The number of fused-ring (bicyclic) bond motifs is 2. The van der Waals surface area contributed by atoms with Crippen LogP contribution >= 0.6 is 15.9 Å². The van der Waals surface area contributed by atoms with Gasteiger partial charge in [-0.25, -0.2) is 9.97 Å². The second-order valence-corrected chi connectivity index (χ2v) is 8.22. The Labute approximate surface area is 189 Å². The molecular weight excluding hydrogens is 464 g/mol. The minimum absolute atomic E-state index is 0.0601. The smallest absolute Gasteiger partial charge is 0.163 e. The van der Waals surface area contributed by atoms with Crippen LogP contribution < -0.4 is 14.8 Å². The van der Waals surface area contributed by atoms with Gasteiger partial charge >= 0.3 is 0 Å². The molecule has 2 heterocycles. The first-order chi connectivity index (χ1) is 15.2. The molecule has 2 aromatic carbocycles. The molecular formula is C22H25BrN4O4. The van der Waals surface area contributed by atoms with E-state index in [2.05, 4.69) is 31.2 Å². The maximum absolute atomic E-state index is 9.18. The zero-order valence-electron chi connectivity index (χ0n) is 17.0. The highest BCUT2D eigenvalue weighted by Gasteiger charge is 2.23. The molecule has 0 radical (unpaired) electrons. The van der Waals surface area contributed by atoms with Crippen molar-refractivity contribution < 1.29 is 19.7 Å². The van der Waals surface area contributed by atoms with Crippen LogP contribution in [0.3, 0.4) is 0 Å².